The van der Waals surface area contributed by atoms with Gasteiger partial charge in [0.05, 0.1) is 12.7 Å². The van der Waals surface area contributed by atoms with Crippen LogP contribution in [0.4, 0.5) is 0 Å². The lowest BCUT2D eigenvalue weighted by molar-refractivity contribution is -0.156. The van der Waals surface area contributed by atoms with E-state index in [1.807, 2.05) is 13.8 Å². The molecule has 1 fully saturated rings. The van der Waals surface area contributed by atoms with Crippen LogP contribution in [0.15, 0.2) is 0 Å². The molecule has 3 atom stereocenters. The van der Waals surface area contributed by atoms with Crippen molar-refractivity contribution < 1.29 is 18.3 Å². The summed E-state index contributed by atoms with van der Waals surface area (Å²) in [6.45, 7) is 20.6. The molecule has 0 aromatic carbocycles. The van der Waals surface area contributed by atoms with Gasteiger partial charge in [-0.3, -0.25) is 0 Å². The smallest absolute Gasteiger partial charge is 0.192 e. The van der Waals surface area contributed by atoms with Crippen molar-refractivity contribution in [2.45, 2.75) is 136 Å². The van der Waals surface area contributed by atoms with Gasteiger partial charge in [0, 0.05) is 0 Å². The third-order valence-corrected chi connectivity index (χ3v) is 16.3. The van der Waals surface area contributed by atoms with E-state index in [0.717, 1.165) is 49.1 Å². The standard InChI is InChI=1S/C22H48O4Si2/c1-10-17-19(26-28(14-5,15-6)16-7)21-20(24-22(8,9)25-21)18-23-27(11-2,12-3)13-4/h19-21H,10-18H2,1-9H3/t19-,20+,21-/m0/s1. The van der Waals surface area contributed by atoms with Gasteiger partial charge < -0.3 is 18.3 Å². The number of hydrogen-bond donors (Lipinski definition) is 0. The van der Waals surface area contributed by atoms with Crippen molar-refractivity contribution in [1.82, 2.24) is 0 Å². The molecule has 0 N–H and O–H groups in total. The van der Waals surface area contributed by atoms with E-state index in [0.29, 0.717) is 6.61 Å². The lowest BCUT2D eigenvalue weighted by Crippen LogP contribution is -2.49. The number of hydrogen-bond acceptors (Lipinski definition) is 4. The van der Waals surface area contributed by atoms with E-state index < -0.39 is 22.4 Å². The quantitative estimate of drug-likeness (QED) is 0.285. The van der Waals surface area contributed by atoms with Crippen LogP contribution in [-0.4, -0.2) is 47.3 Å². The zero-order chi connectivity index (χ0) is 21.4. The Morgan fingerprint density at radius 2 is 1.29 bits per heavy atom. The van der Waals surface area contributed by atoms with Crippen molar-refractivity contribution >= 4 is 16.6 Å². The molecule has 0 aliphatic carbocycles. The minimum Gasteiger partial charge on any atom is -0.414 e. The summed E-state index contributed by atoms with van der Waals surface area (Å²) in [6, 6.07) is 6.97. The highest BCUT2D eigenvalue weighted by molar-refractivity contribution is 6.74. The highest BCUT2D eigenvalue weighted by atomic mass is 28.4. The molecule has 1 rings (SSSR count). The van der Waals surface area contributed by atoms with E-state index >= 15 is 0 Å². The van der Waals surface area contributed by atoms with Crippen LogP contribution in [-0.2, 0) is 18.3 Å². The van der Waals surface area contributed by atoms with Crippen molar-refractivity contribution in [2.24, 2.45) is 0 Å². The Labute approximate surface area is 177 Å². The van der Waals surface area contributed by atoms with Crippen LogP contribution < -0.4 is 0 Å². The Bertz CT molecular complexity index is 420. The summed E-state index contributed by atoms with van der Waals surface area (Å²) in [5, 5.41) is 0. The molecule has 168 valence electrons. The van der Waals surface area contributed by atoms with Gasteiger partial charge in [0.2, 0.25) is 0 Å². The minimum atomic E-state index is -1.71. The average Bonchev–Trinajstić information content (AvgIpc) is 3.01. The SMILES string of the molecule is CCC[C@H](O[Si](CC)(CC)CC)[C@@H]1OC(C)(C)O[C@@H]1CO[Si](CC)(CC)CC. The van der Waals surface area contributed by atoms with Crippen LogP contribution in [0.25, 0.3) is 0 Å². The summed E-state index contributed by atoms with van der Waals surface area (Å²) in [5.41, 5.74) is 0. The molecule has 0 aromatic rings. The van der Waals surface area contributed by atoms with Crippen LogP contribution in [0.5, 0.6) is 0 Å². The van der Waals surface area contributed by atoms with Crippen molar-refractivity contribution in [2.75, 3.05) is 6.61 Å². The number of rotatable bonds is 14. The Kier molecular flexibility index (Phi) is 10.9. The molecule has 4 nitrogen and oxygen atoms in total. The topological polar surface area (TPSA) is 36.9 Å². The fourth-order valence-electron chi connectivity index (χ4n) is 4.52. The van der Waals surface area contributed by atoms with E-state index in [1.165, 1.54) is 0 Å². The molecule has 1 aliphatic rings. The van der Waals surface area contributed by atoms with Crippen LogP contribution >= 0.6 is 0 Å². The molecule has 6 heteroatoms. The molecule has 0 spiro atoms. The zero-order valence-electron chi connectivity index (χ0n) is 20.2. The van der Waals surface area contributed by atoms with Gasteiger partial charge in [0.1, 0.15) is 12.2 Å². The highest BCUT2D eigenvalue weighted by Crippen LogP contribution is 2.36. The van der Waals surface area contributed by atoms with Gasteiger partial charge in [0.15, 0.2) is 22.4 Å². The maximum Gasteiger partial charge on any atom is 0.192 e. The van der Waals surface area contributed by atoms with Crippen molar-refractivity contribution in [3.8, 4) is 0 Å². The lowest BCUT2D eigenvalue weighted by Gasteiger charge is -2.37. The Morgan fingerprint density at radius 3 is 1.71 bits per heavy atom. The first-order chi connectivity index (χ1) is 13.2. The van der Waals surface area contributed by atoms with Crippen molar-refractivity contribution in [3.63, 3.8) is 0 Å². The number of ether oxygens (including phenoxy) is 2. The molecular formula is C22H48O4Si2. The maximum absolute atomic E-state index is 6.93. The summed E-state index contributed by atoms with van der Waals surface area (Å²) in [5.74, 6) is -0.572. The molecule has 1 heterocycles. The summed E-state index contributed by atoms with van der Waals surface area (Å²) in [6.07, 6.45) is 2.14. The third kappa shape index (κ3) is 6.64. The van der Waals surface area contributed by atoms with E-state index in [1.54, 1.807) is 0 Å². The van der Waals surface area contributed by atoms with E-state index in [4.69, 9.17) is 18.3 Å². The van der Waals surface area contributed by atoms with Crippen LogP contribution in [0.3, 0.4) is 0 Å². The molecule has 0 unspecified atom stereocenters. The van der Waals surface area contributed by atoms with Gasteiger partial charge in [-0.25, -0.2) is 0 Å². The Hall–Kier alpha value is 0.274. The van der Waals surface area contributed by atoms with E-state index in [2.05, 4.69) is 48.5 Å². The van der Waals surface area contributed by atoms with Gasteiger partial charge in [-0.1, -0.05) is 54.9 Å². The van der Waals surface area contributed by atoms with E-state index in [9.17, 15) is 0 Å². The molecule has 0 radical (unpaired) electrons. The van der Waals surface area contributed by atoms with Gasteiger partial charge in [-0.15, -0.1) is 0 Å². The fourth-order valence-corrected chi connectivity index (χ4v) is 10.0. The second-order valence-corrected chi connectivity index (χ2v) is 18.4. The second kappa shape index (κ2) is 11.6. The van der Waals surface area contributed by atoms with Crippen molar-refractivity contribution in [1.29, 1.82) is 0 Å². The normalized spacial score (nSPS) is 23.9. The molecule has 0 saturated carbocycles. The first-order valence-corrected chi connectivity index (χ1v) is 16.9. The van der Waals surface area contributed by atoms with Crippen LogP contribution in [0, 0.1) is 0 Å². The molecule has 0 amide bonds. The highest BCUT2D eigenvalue weighted by Gasteiger charge is 2.48. The Balaban J connectivity index is 3.02. The van der Waals surface area contributed by atoms with Gasteiger partial charge >= 0.3 is 0 Å². The predicted molar refractivity (Wildman–Crippen MR) is 124 cm³/mol. The molecule has 1 saturated heterocycles. The summed E-state index contributed by atoms with van der Waals surface area (Å²) >= 11 is 0. The molecule has 0 aromatic heterocycles. The van der Waals surface area contributed by atoms with Gasteiger partial charge in [0.25, 0.3) is 0 Å². The summed E-state index contributed by atoms with van der Waals surface area (Å²) in [7, 11) is -3.36. The van der Waals surface area contributed by atoms with E-state index in [-0.39, 0.29) is 18.3 Å². The molecule has 0 bridgehead atoms. The second-order valence-electron chi connectivity index (χ2n) is 8.88. The monoisotopic (exact) mass is 432 g/mol. The van der Waals surface area contributed by atoms with Gasteiger partial charge in [-0.2, -0.15) is 0 Å². The molecular weight excluding hydrogens is 384 g/mol. The molecule has 1 aliphatic heterocycles. The third-order valence-electron chi connectivity index (χ3n) is 6.98. The van der Waals surface area contributed by atoms with Crippen molar-refractivity contribution in [3.05, 3.63) is 0 Å². The van der Waals surface area contributed by atoms with Crippen LogP contribution in [0.1, 0.15) is 75.2 Å². The fraction of sp³-hybridized carbons (Fsp3) is 1.00. The summed E-state index contributed by atoms with van der Waals surface area (Å²) < 4.78 is 26.3. The first kappa shape index (κ1) is 26.3. The molecule has 28 heavy (non-hydrogen) atoms. The largest absolute Gasteiger partial charge is 0.414 e. The lowest BCUT2D eigenvalue weighted by atomic mass is 10.0. The summed E-state index contributed by atoms with van der Waals surface area (Å²) in [4.78, 5) is 0. The minimum absolute atomic E-state index is 0.0382. The van der Waals surface area contributed by atoms with Crippen LogP contribution in [0.2, 0.25) is 36.3 Å². The Morgan fingerprint density at radius 1 is 0.786 bits per heavy atom. The predicted octanol–water partition coefficient (Wildman–Crippen LogP) is 6.72. The zero-order valence-corrected chi connectivity index (χ0v) is 22.2. The van der Waals surface area contributed by atoms with Gasteiger partial charge in [-0.05, 0) is 56.5 Å². The first-order valence-electron chi connectivity index (χ1n) is 11.9. The maximum atomic E-state index is 6.93. The average molecular weight is 433 g/mol.